The van der Waals surface area contributed by atoms with Crippen LogP contribution in [-0.2, 0) is 0 Å². The maximum atomic E-state index is 12.7. The van der Waals surface area contributed by atoms with Crippen molar-refractivity contribution in [3.05, 3.63) is 88.2 Å². The summed E-state index contributed by atoms with van der Waals surface area (Å²) in [6.45, 7) is 0. The molecule has 1 heterocycles. The number of halogens is 1. The van der Waals surface area contributed by atoms with Crippen molar-refractivity contribution in [3.8, 4) is 0 Å². The lowest BCUT2D eigenvalue weighted by Crippen LogP contribution is -2.29. The van der Waals surface area contributed by atoms with E-state index in [0.29, 0.717) is 16.6 Å². The highest BCUT2D eigenvalue weighted by Crippen LogP contribution is 2.39. The molecule has 1 aliphatic carbocycles. The molecule has 1 fully saturated rings. The topological polar surface area (TPSA) is 57.8 Å². The summed E-state index contributed by atoms with van der Waals surface area (Å²) in [4.78, 5) is 12.7. The highest BCUT2D eigenvalue weighted by Gasteiger charge is 2.27. The van der Waals surface area contributed by atoms with Gasteiger partial charge in [0, 0.05) is 16.6 Å². The second kappa shape index (κ2) is 6.73. The molecule has 2 aromatic carbocycles. The molecule has 0 spiro atoms. The van der Waals surface area contributed by atoms with Gasteiger partial charge < -0.3 is 5.32 Å². The Labute approximate surface area is 151 Å². The molecular formula is C20H18ClN3O. The Hall–Kier alpha value is -2.59. The zero-order valence-electron chi connectivity index (χ0n) is 13.6. The van der Waals surface area contributed by atoms with Crippen LogP contribution in [0.15, 0.2) is 60.7 Å². The lowest BCUT2D eigenvalue weighted by molar-refractivity contribution is 0.0938. The van der Waals surface area contributed by atoms with Crippen molar-refractivity contribution in [2.45, 2.75) is 24.8 Å². The molecule has 1 aliphatic rings. The van der Waals surface area contributed by atoms with Gasteiger partial charge >= 0.3 is 0 Å². The van der Waals surface area contributed by atoms with Crippen LogP contribution < -0.4 is 5.32 Å². The monoisotopic (exact) mass is 351 g/mol. The Morgan fingerprint density at radius 1 is 1.08 bits per heavy atom. The standard InChI is InChI=1S/C20H18ClN3O/c21-16-10-8-15(9-11-16)19(14-4-2-1-3-5-14)22-20(25)18-12-17(23-24-18)13-6-7-13/h1-5,8-13,19H,6-7H2,(H,22,25)(H,23,24)/t19-/m1/s1. The first kappa shape index (κ1) is 15.9. The summed E-state index contributed by atoms with van der Waals surface area (Å²) >= 11 is 6.00. The fraction of sp³-hybridized carbons (Fsp3) is 0.200. The van der Waals surface area contributed by atoms with Crippen LogP contribution in [-0.4, -0.2) is 16.1 Å². The van der Waals surface area contributed by atoms with Gasteiger partial charge in [0.05, 0.1) is 6.04 Å². The molecule has 0 saturated heterocycles. The number of nitrogens with one attached hydrogen (secondary N) is 2. The second-order valence-electron chi connectivity index (χ2n) is 6.35. The minimum Gasteiger partial charge on any atom is -0.340 e. The third-order valence-electron chi connectivity index (χ3n) is 4.46. The molecule has 0 radical (unpaired) electrons. The number of carbonyl (C=O) groups excluding carboxylic acids is 1. The highest BCUT2D eigenvalue weighted by atomic mass is 35.5. The highest BCUT2D eigenvalue weighted by molar-refractivity contribution is 6.30. The first-order chi connectivity index (χ1) is 12.2. The average Bonchev–Trinajstić information content (AvgIpc) is 3.38. The van der Waals surface area contributed by atoms with Gasteiger partial charge in [0.15, 0.2) is 0 Å². The molecule has 1 saturated carbocycles. The zero-order valence-corrected chi connectivity index (χ0v) is 14.3. The van der Waals surface area contributed by atoms with Gasteiger partial charge in [-0.05, 0) is 42.2 Å². The van der Waals surface area contributed by atoms with Crippen molar-refractivity contribution in [1.29, 1.82) is 0 Å². The fourth-order valence-electron chi connectivity index (χ4n) is 2.92. The molecule has 5 heteroatoms. The van der Waals surface area contributed by atoms with Gasteiger partial charge in [-0.3, -0.25) is 9.89 Å². The number of amides is 1. The predicted octanol–water partition coefficient (Wildman–Crippen LogP) is 4.46. The second-order valence-corrected chi connectivity index (χ2v) is 6.79. The lowest BCUT2D eigenvalue weighted by atomic mass is 9.98. The van der Waals surface area contributed by atoms with Gasteiger partial charge in [0.25, 0.3) is 5.91 Å². The summed E-state index contributed by atoms with van der Waals surface area (Å²) in [6, 6.07) is 19.0. The third kappa shape index (κ3) is 3.59. The summed E-state index contributed by atoms with van der Waals surface area (Å²) in [7, 11) is 0. The van der Waals surface area contributed by atoms with E-state index < -0.39 is 0 Å². The molecule has 1 aromatic heterocycles. The van der Waals surface area contributed by atoms with Crippen LogP contribution in [0.1, 0.15) is 52.1 Å². The molecule has 1 amide bonds. The Morgan fingerprint density at radius 2 is 1.76 bits per heavy atom. The SMILES string of the molecule is O=C(N[C@H](c1ccccc1)c1ccc(Cl)cc1)c1cc(C2CC2)[nH]n1. The lowest BCUT2D eigenvalue weighted by Gasteiger charge is -2.19. The van der Waals surface area contributed by atoms with E-state index in [4.69, 9.17) is 11.6 Å². The van der Waals surface area contributed by atoms with E-state index in [1.54, 1.807) is 0 Å². The smallest absolute Gasteiger partial charge is 0.272 e. The molecule has 1 atom stereocenters. The number of hydrogen-bond acceptors (Lipinski definition) is 2. The molecule has 4 nitrogen and oxygen atoms in total. The zero-order chi connectivity index (χ0) is 17.2. The number of benzene rings is 2. The van der Waals surface area contributed by atoms with E-state index in [-0.39, 0.29) is 11.9 Å². The van der Waals surface area contributed by atoms with E-state index in [1.165, 1.54) is 12.8 Å². The first-order valence-corrected chi connectivity index (χ1v) is 8.75. The number of carbonyl (C=O) groups is 1. The number of aromatic amines is 1. The van der Waals surface area contributed by atoms with Crippen LogP contribution in [0.25, 0.3) is 0 Å². The minimum atomic E-state index is -0.257. The van der Waals surface area contributed by atoms with Gasteiger partial charge in [-0.1, -0.05) is 54.1 Å². The van der Waals surface area contributed by atoms with Crippen molar-refractivity contribution in [2.24, 2.45) is 0 Å². The van der Waals surface area contributed by atoms with Crippen molar-refractivity contribution >= 4 is 17.5 Å². The minimum absolute atomic E-state index is 0.188. The Morgan fingerprint density at radius 3 is 2.44 bits per heavy atom. The first-order valence-electron chi connectivity index (χ1n) is 8.37. The number of hydrogen-bond donors (Lipinski definition) is 2. The summed E-state index contributed by atoms with van der Waals surface area (Å²) in [6.07, 6.45) is 2.33. The van der Waals surface area contributed by atoms with Crippen molar-refractivity contribution in [3.63, 3.8) is 0 Å². The van der Waals surface area contributed by atoms with Gasteiger partial charge in [-0.2, -0.15) is 5.10 Å². The largest absolute Gasteiger partial charge is 0.340 e. The van der Waals surface area contributed by atoms with Crippen LogP contribution >= 0.6 is 11.6 Å². The maximum absolute atomic E-state index is 12.7. The molecule has 3 aromatic rings. The van der Waals surface area contributed by atoms with Crippen LogP contribution in [0, 0.1) is 0 Å². The van der Waals surface area contributed by atoms with E-state index in [2.05, 4.69) is 15.5 Å². The molecule has 4 rings (SSSR count). The molecule has 0 aliphatic heterocycles. The summed E-state index contributed by atoms with van der Waals surface area (Å²) in [5, 5.41) is 10.9. The van der Waals surface area contributed by atoms with E-state index >= 15 is 0 Å². The van der Waals surface area contributed by atoms with Crippen LogP contribution in [0.5, 0.6) is 0 Å². The molecule has 0 bridgehead atoms. The van der Waals surface area contributed by atoms with Crippen molar-refractivity contribution in [2.75, 3.05) is 0 Å². The average molecular weight is 352 g/mol. The van der Waals surface area contributed by atoms with Crippen molar-refractivity contribution < 1.29 is 4.79 Å². The van der Waals surface area contributed by atoms with Crippen LogP contribution in [0.4, 0.5) is 0 Å². The summed E-state index contributed by atoms with van der Waals surface area (Å²) < 4.78 is 0. The Balaban J connectivity index is 1.61. The number of H-pyrrole nitrogens is 1. The van der Waals surface area contributed by atoms with E-state index in [0.717, 1.165) is 16.8 Å². The fourth-order valence-corrected chi connectivity index (χ4v) is 3.05. The molecule has 126 valence electrons. The van der Waals surface area contributed by atoms with Crippen LogP contribution in [0.2, 0.25) is 5.02 Å². The third-order valence-corrected chi connectivity index (χ3v) is 4.71. The normalized spacial score (nSPS) is 14.9. The Kier molecular flexibility index (Phi) is 4.28. The quantitative estimate of drug-likeness (QED) is 0.713. The number of rotatable bonds is 5. The van der Waals surface area contributed by atoms with Crippen LogP contribution in [0.3, 0.4) is 0 Å². The summed E-state index contributed by atoms with van der Waals surface area (Å²) in [5.74, 6) is 0.349. The van der Waals surface area contributed by atoms with E-state index in [1.807, 2.05) is 60.7 Å². The maximum Gasteiger partial charge on any atom is 0.272 e. The van der Waals surface area contributed by atoms with Gasteiger partial charge in [-0.15, -0.1) is 0 Å². The van der Waals surface area contributed by atoms with Gasteiger partial charge in [0.2, 0.25) is 0 Å². The molecule has 25 heavy (non-hydrogen) atoms. The number of aromatic nitrogens is 2. The molecular weight excluding hydrogens is 334 g/mol. The number of nitrogens with zero attached hydrogens (tertiary/aromatic N) is 1. The summed E-state index contributed by atoms with van der Waals surface area (Å²) in [5.41, 5.74) is 3.46. The Bertz CT molecular complexity index is 869. The van der Waals surface area contributed by atoms with Gasteiger partial charge in [-0.25, -0.2) is 0 Å². The van der Waals surface area contributed by atoms with Gasteiger partial charge in [0.1, 0.15) is 5.69 Å². The molecule has 2 N–H and O–H groups in total. The van der Waals surface area contributed by atoms with E-state index in [9.17, 15) is 4.79 Å². The molecule has 0 unspecified atom stereocenters. The predicted molar refractivity (Wildman–Crippen MR) is 97.8 cm³/mol. The van der Waals surface area contributed by atoms with Crippen molar-refractivity contribution in [1.82, 2.24) is 15.5 Å².